The zero-order valence-electron chi connectivity index (χ0n) is 21.6. The second kappa shape index (κ2) is 10.3. The molecule has 0 saturated heterocycles. The van der Waals surface area contributed by atoms with Crippen LogP contribution in [0.15, 0.2) is 60.7 Å². The van der Waals surface area contributed by atoms with Crippen LogP contribution >= 0.6 is 0 Å². The summed E-state index contributed by atoms with van der Waals surface area (Å²) in [5.74, 6) is 0. The lowest BCUT2D eigenvalue weighted by Crippen LogP contribution is -2.68. The van der Waals surface area contributed by atoms with Gasteiger partial charge in [-0.2, -0.15) is 0 Å². The van der Waals surface area contributed by atoms with E-state index >= 15 is 0 Å². The van der Waals surface area contributed by atoms with Crippen molar-refractivity contribution in [3.63, 3.8) is 0 Å². The minimum atomic E-state index is -2.71. The smallest absolute Gasteiger partial charge is 0.261 e. The Balaban J connectivity index is 2.45. The van der Waals surface area contributed by atoms with Crippen molar-refractivity contribution >= 4 is 27.0 Å². The van der Waals surface area contributed by atoms with E-state index in [1.54, 1.807) is 0 Å². The highest BCUT2D eigenvalue weighted by atomic mass is 28.4. The van der Waals surface area contributed by atoms with Crippen molar-refractivity contribution in [3.05, 3.63) is 60.7 Å². The van der Waals surface area contributed by atoms with Crippen LogP contribution in [-0.4, -0.2) is 40.6 Å². The molecule has 0 heterocycles. The van der Waals surface area contributed by atoms with Crippen LogP contribution in [0.5, 0.6) is 0 Å². The summed E-state index contributed by atoms with van der Waals surface area (Å²) < 4.78 is 13.6. The summed E-state index contributed by atoms with van der Waals surface area (Å²) in [6, 6.07) is 21.2. The molecular weight excluding hydrogens is 428 g/mol. The number of rotatable bonds is 9. The summed E-state index contributed by atoms with van der Waals surface area (Å²) >= 11 is 0. The van der Waals surface area contributed by atoms with Gasteiger partial charge in [-0.1, -0.05) is 102 Å². The minimum absolute atomic E-state index is 0.122. The number of benzene rings is 2. The molecule has 0 fully saturated rings. The molecule has 0 saturated carbocycles. The highest BCUT2D eigenvalue weighted by Gasteiger charge is 2.51. The molecule has 32 heavy (non-hydrogen) atoms. The first-order chi connectivity index (χ1) is 14.7. The van der Waals surface area contributed by atoms with E-state index in [4.69, 9.17) is 8.85 Å². The molecule has 0 aliphatic rings. The normalized spacial score (nSPS) is 15.4. The van der Waals surface area contributed by atoms with Crippen LogP contribution in [0.4, 0.5) is 0 Å². The average molecular weight is 473 g/mol. The molecule has 178 valence electrons. The predicted octanol–water partition coefficient (Wildman–Crippen LogP) is 5.72. The van der Waals surface area contributed by atoms with Crippen LogP contribution in [-0.2, 0) is 8.85 Å². The Hall–Kier alpha value is -1.25. The van der Waals surface area contributed by atoms with Crippen molar-refractivity contribution < 1.29 is 14.0 Å². The van der Waals surface area contributed by atoms with Crippen molar-refractivity contribution in [1.82, 2.24) is 0 Å². The van der Waals surface area contributed by atoms with Gasteiger partial charge in [0, 0.05) is 6.61 Å². The lowest BCUT2D eigenvalue weighted by atomic mass is 10.2. The molecule has 5 heteroatoms. The monoisotopic (exact) mass is 472 g/mol. The third-order valence-electron chi connectivity index (χ3n) is 6.95. The summed E-state index contributed by atoms with van der Waals surface area (Å²) in [6.45, 7) is 20.6. The molecule has 0 bridgehead atoms. The maximum absolute atomic E-state index is 10.8. The molecule has 2 unspecified atom stereocenters. The zero-order valence-corrected chi connectivity index (χ0v) is 23.6. The van der Waals surface area contributed by atoms with Gasteiger partial charge in [0.15, 0.2) is 8.32 Å². The molecule has 0 aliphatic heterocycles. The van der Waals surface area contributed by atoms with Crippen LogP contribution in [0.1, 0.15) is 54.9 Å². The quantitative estimate of drug-likeness (QED) is 0.474. The van der Waals surface area contributed by atoms with Gasteiger partial charge in [-0.3, -0.25) is 0 Å². The van der Waals surface area contributed by atoms with Gasteiger partial charge < -0.3 is 14.0 Å². The lowest BCUT2D eigenvalue weighted by molar-refractivity contribution is 0.0275. The van der Waals surface area contributed by atoms with E-state index in [0.29, 0.717) is 13.0 Å². The molecule has 2 atom stereocenters. The lowest BCUT2D eigenvalue weighted by Gasteiger charge is -2.46. The molecule has 0 spiro atoms. The third-order valence-corrected chi connectivity index (χ3v) is 16.6. The molecule has 0 radical (unpaired) electrons. The number of hydrogen-bond donors (Lipinski definition) is 1. The Morgan fingerprint density at radius 1 is 0.781 bits per heavy atom. The van der Waals surface area contributed by atoms with Crippen molar-refractivity contribution in [2.75, 3.05) is 6.61 Å². The molecular formula is C27H44O3Si2. The molecule has 2 aromatic rings. The van der Waals surface area contributed by atoms with E-state index in [9.17, 15) is 5.11 Å². The van der Waals surface area contributed by atoms with Crippen molar-refractivity contribution in [3.8, 4) is 0 Å². The van der Waals surface area contributed by atoms with Gasteiger partial charge in [0.2, 0.25) is 0 Å². The van der Waals surface area contributed by atoms with Gasteiger partial charge in [-0.05, 0) is 46.9 Å². The Morgan fingerprint density at radius 3 is 1.56 bits per heavy atom. The fourth-order valence-corrected chi connectivity index (χ4v) is 9.81. The predicted molar refractivity (Wildman–Crippen MR) is 142 cm³/mol. The topological polar surface area (TPSA) is 38.7 Å². The largest absolute Gasteiger partial charge is 0.417 e. The molecule has 3 nitrogen and oxygen atoms in total. The molecule has 2 rings (SSSR count). The van der Waals surface area contributed by atoms with Crippen LogP contribution < -0.4 is 10.4 Å². The average Bonchev–Trinajstić information content (AvgIpc) is 2.70. The second-order valence-corrected chi connectivity index (χ2v) is 20.5. The van der Waals surface area contributed by atoms with Crippen LogP contribution in [0.25, 0.3) is 0 Å². The summed E-state index contributed by atoms with van der Waals surface area (Å²) in [4.78, 5) is 0. The van der Waals surface area contributed by atoms with Gasteiger partial charge in [0.05, 0.1) is 12.2 Å². The second-order valence-electron chi connectivity index (χ2n) is 11.5. The van der Waals surface area contributed by atoms with E-state index in [0.717, 1.165) is 0 Å². The van der Waals surface area contributed by atoms with E-state index in [2.05, 4.69) is 115 Å². The van der Waals surface area contributed by atoms with Crippen LogP contribution in [0.3, 0.4) is 0 Å². The maximum Gasteiger partial charge on any atom is 0.261 e. The minimum Gasteiger partial charge on any atom is -0.417 e. The van der Waals surface area contributed by atoms with E-state index in [1.807, 2.05) is 6.92 Å². The van der Waals surface area contributed by atoms with E-state index in [-0.39, 0.29) is 16.2 Å². The molecule has 0 aromatic heterocycles. The van der Waals surface area contributed by atoms with Gasteiger partial charge in [-0.15, -0.1) is 0 Å². The molecule has 0 aliphatic carbocycles. The summed E-state index contributed by atoms with van der Waals surface area (Å²) in [6.07, 6.45) is -0.208. The van der Waals surface area contributed by atoms with Gasteiger partial charge in [-0.25, -0.2) is 0 Å². The number of hydrogen-bond acceptors (Lipinski definition) is 3. The summed E-state index contributed by atoms with van der Waals surface area (Å²) in [5, 5.41) is 13.3. The number of aliphatic hydroxyl groups is 1. The Labute approximate surface area is 198 Å². The Kier molecular flexibility index (Phi) is 8.73. The summed E-state index contributed by atoms with van der Waals surface area (Å²) in [5.41, 5.74) is 0. The third kappa shape index (κ3) is 6.00. The van der Waals surface area contributed by atoms with Crippen molar-refractivity contribution in [1.29, 1.82) is 0 Å². The zero-order chi connectivity index (χ0) is 24.2. The first kappa shape index (κ1) is 27.0. The van der Waals surface area contributed by atoms with E-state index in [1.165, 1.54) is 10.4 Å². The highest BCUT2D eigenvalue weighted by molar-refractivity contribution is 6.99. The summed E-state index contributed by atoms with van der Waals surface area (Å²) in [7, 11) is -4.57. The van der Waals surface area contributed by atoms with Crippen molar-refractivity contribution in [2.24, 2.45) is 0 Å². The first-order valence-electron chi connectivity index (χ1n) is 11.8. The van der Waals surface area contributed by atoms with Gasteiger partial charge in [0.1, 0.15) is 0 Å². The van der Waals surface area contributed by atoms with Crippen LogP contribution in [0, 0.1) is 0 Å². The van der Waals surface area contributed by atoms with Gasteiger partial charge >= 0.3 is 0 Å². The SMILES string of the molecule is CC(O)C(CCO[Si](C)(C)C(C)(C)C)O[Si](c1ccccc1)(c1ccccc1)C(C)(C)C. The molecule has 0 amide bonds. The van der Waals surface area contributed by atoms with E-state index < -0.39 is 22.7 Å². The number of aliphatic hydroxyl groups excluding tert-OH is 1. The van der Waals surface area contributed by atoms with Crippen molar-refractivity contribution in [2.45, 2.75) is 90.3 Å². The standard InChI is InChI=1S/C27H44O3Si2/c1-22(28)25(20-21-29-31(8,9)26(2,3)4)30-32(27(5,6)7,23-16-12-10-13-17-23)24-18-14-11-15-19-24/h10-19,22,25,28H,20-21H2,1-9H3. The van der Waals surface area contributed by atoms with Gasteiger partial charge in [0.25, 0.3) is 8.32 Å². The Bertz CT molecular complexity index is 782. The highest BCUT2D eigenvalue weighted by Crippen LogP contribution is 2.39. The maximum atomic E-state index is 10.8. The molecule has 1 N–H and O–H groups in total. The Morgan fingerprint density at radius 2 is 1.22 bits per heavy atom. The molecule has 2 aromatic carbocycles. The fraction of sp³-hybridized carbons (Fsp3) is 0.556. The first-order valence-corrected chi connectivity index (χ1v) is 16.6. The fourth-order valence-electron chi connectivity index (χ4n) is 3.96. The van der Waals surface area contributed by atoms with Crippen LogP contribution in [0.2, 0.25) is 23.2 Å².